The first kappa shape index (κ1) is 23.1. The molecular weight excluding hydrogens is 456 g/mol. The molecule has 168 valence electrons. The van der Waals surface area contributed by atoms with Crippen molar-refractivity contribution in [3.05, 3.63) is 71.2 Å². The Hall–Kier alpha value is -3.58. The van der Waals surface area contributed by atoms with E-state index in [2.05, 4.69) is 15.5 Å². The van der Waals surface area contributed by atoms with E-state index in [1.54, 1.807) is 0 Å². The summed E-state index contributed by atoms with van der Waals surface area (Å²) in [6.45, 7) is 1.49. The minimum absolute atomic E-state index is 0.0482. The zero-order chi connectivity index (χ0) is 23.7. The van der Waals surface area contributed by atoms with Crippen LogP contribution in [0.5, 0.6) is 11.6 Å². The number of rotatable bonds is 5. The highest BCUT2D eigenvalue weighted by molar-refractivity contribution is 7.89. The molecular formula is C19H14F4N4O4S. The van der Waals surface area contributed by atoms with Crippen LogP contribution in [-0.2, 0) is 16.2 Å². The number of benzene rings is 2. The van der Waals surface area contributed by atoms with Crippen molar-refractivity contribution < 1.29 is 35.5 Å². The molecule has 1 aromatic heterocycles. The van der Waals surface area contributed by atoms with Gasteiger partial charge in [-0.15, -0.1) is 10.2 Å². The van der Waals surface area contributed by atoms with E-state index in [4.69, 9.17) is 9.88 Å². The van der Waals surface area contributed by atoms with E-state index in [9.17, 15) is 30.8 Å². The molecule has 0 bridgehead atoms. The van der Waals surface area contributed by atoms with Crippen molar-refractivity contribution in [2.75, 3.05) is 5.32 Å². The number of nitrogens with one attached hydrogen (secondary N) is 1. The van der Waals surface area contributed by atoms with Crippen molar-refractivity contribution in [3.63, 3.8) is 0 Å². The number of sulfonamides is 1. The van der Waals surface area contributed by atoms with Gasteiger partial charge in [0.05, 0.1) is 4.90 Å². The van der Waals surface area contributed by atoms with Crippen LogP contribution in [-0.4, -0.2) is 24.5 Å². The Kier molecular flexibility index (Phi) is 6.14. The van der Waals surface area contributed by atoms with Crippen LogP contribution in [0.2, 0.25) is 0 Å². The highest BCUT2D eigenvalue weighted by Gasteiger charge is 2.35. The van der Waals surface area contributed by atoms with Crippen LogP contribution in [0.1, 0.15) is 21.6 Å². The number of ether oxygens (including phenoxy) is 1. The lowest BCUT2D eigenvalue weighted by molar-refractivity contribution is -0.141. The molecule has 0 atom stereocenters. The topological polar surface area (TPSA) is 124 Å². The molecule has 8 nitrogen and oxygen atoms in total. The van der Waals surface area contributed by atoms with Gasteiger partial charge in [0, 0.05) is 5.69 Å². The summed E-state index contributed by atoms with van der Waals surface area (Å²) in [5.74, 6) is -2.10. The first-order valence-corrected chi connectivity index (χ1v) is 10.2. The Labute approximate surface area is 179 Å². The van der Waals surface area contributed by atoms with Gasteiger partial charge in [0.15, 0.2) is 5.69 Å². The normalized spacial score (nSPS) is 11.8. The van der Waals surface area contributed by atoms with Crippen LogP contribution in [0.4, 0.5) is 23.2 Å². The van der Waals surface area contributed by atoms with Gasteiger partial charge in [0.25, 0.3) is 11.8 Å². The number of hydrogen-bond acceptors (Lipinski definition) is 6. The molecule has 13 heteroatoms. The summed E-state index contributed by atoms with van der Waals surface area (Å²) in [5.41, 5.74) is -1.67. The molecule has 0 saturated heterocycles. The molecule has 3 N–H and O–H groups in total. The smallest absolute Gasteiger partial charge is 0.435 e. The molecule has 1 heterocycles. The Bertz CT molecular complexity index is 1280. The van der Waals surface area contributed by atoms with Gasteiger partial charge < -0.3 is 10.1 Å². The summed E-state index contributed by atoms with van der Waals surface area (Å²) in [6, 6.07) is 8.47. The number of anilines is 1. The second-order valence-electron chi connectivity index (χ2n) is 6.48. The molecule has 0 aliphatic carbocycles. The first-order valence-electron chi connectivity index (χ1n) is 8.68. The summed E-state index contributed by atoms with van der Waals surface area (Å²) < 4.78 is 80.6. The zero-order valence-electron chi connectivity index (χ0n) is 16.1. The fourth-order valence-corrected chi connectivity index (χ4v) is 3.03. The van der Waals surface area contributed by atoms with Crippen molar-refractivity contribution in [2.24, 2.45) is 5.14 Å². The summed E-state index contributed by atoms with van der Waals surface area (Å²) in [6.07, 6.45) is -4.89. The van der Waals surface area contributed by atoms with E-state index in [0.717, 1.165) is 24.3 Å². The number of aromatic nitrogens is 2. The summed E-state index contributed by atoms with van der Waals surface area (Å²) >= 11 is 0. The third kappa shape index (κ3) is 5.36. The van der Waals surface area contributed by atoms with Crippen LogP contribution in [0, 0.1) is 12.7 Å². The Morgan fingerprint density at radius 2 is 1.72 bits per heavy atom. The van der Waals surface area contributed by atoms with Crippen LogP contribution >= 0.6 is 0 Å². The number of nitrogens with two attached hydrogens (primary N) is 1. The number of carbonyl (C=O) groups excluding carboxylic acids is 1. The fourth-order valence-electron chi connectivity index (χ4n) is 2.51. The molecule has 0 unspecified atom stereocenters. The van der Waals surface area contributed by atoms with Gasteiger partial charge >= 0.3 is 6.18 Å². The lowest BCUT2D eigenvalue weighted by Gasteiger charge is -2.13. The molecule has 0 aliphatic rings. The SMILES string of the molecule is Cc1cc(F)ccc1Oc1nnc(C(F)(F)F)cc1C(=O)Nc1ccc(S(N)(=O)=O)cc1. The van der Waals surface area contributed by atoms with Gasteiger partial charge in [-0.1, -0.05) is 0 Å². The van der Waals surface area contributed by atoms with E-state index < -0.39 is 45.1 Å². The van der Waals surface area contributed by atoms with E-state index >= 15 is 0 Å². The molecule has 3 aromatic rings. The third-order valence-electron chi connectivity index (χ3n) is 4.08. The number of amides is 1. The maximum Gasteiger partial charge on any atom is 0.435 e. The van der Waals surface area contributed by atoms with Crippen molar-refractivity contribution in [3.8, 4) is 11.6 Å². The lowest BCUT2D eigenvalue weighted by atomic mass is 10.2. The van der Waals surface area contributed by atoms with Crippen molar-refractivity contribution >= 4 is 21.6 Å². The minimum atomic E-state index is -4.89. The number of alkyl halides is 3. The lowest BCUT2D eigenvalue weighted by Crippen LogP contribution is -2.18. The average Bonchev–Trinajstić information content (AvgIpc) is 2.69. The predicted molar refractivity (Wildman–Crippen MR) is 104 cm³/mol. The van der Waals surface area contributed by atoms with E-state index in [-0.39, 0.29) is 16.3 Å². The first-order chi connectivity index (χ1) is 14.8. The summed E-state index contributed by atoms with van der Waals surface area (Å²) in [5, 5.41) is 13.7. The predicted octanol–water partition coefficient (Wildman–Crippen LogP) is 3.63. The minimum Gasteiger partial charge on any atom is -0.437 e. The molecule has 0 radical (unpaired) electrons. The van der Waals surface area contributed by atoms with E-state index in [1.165, 1.54) is 25.1 Å². The van der Waals surface area contributed by atoms with Crippen LogP contribution in [0.25, 0.3) is 0 Å². The van der Waals surface area contributed by atoms with Gasteiger partial charge in [-0.2, -0.15) is 13.2 Å². The number of aryl methyl sites for hydroxylation is 1. The molecule has 1 amide bonds. The second kappa shape index (κ2) is 8.51. The second-order valence-corrected chi connectivity index (χ2v) is 8.04. The molecule has 0 saturated carbocycles. The molecule has 32 heavy (non-hydrogen) atoms. The number of halogens is 4. The van der Waals surface area contributed by atoms with Crippen LogP contribution in [0.15, 0.2) is 53.4 Å². The van der Waals surface area contributed by atoms with Gasteiger partial charge in [-0.25, -0.2) is 17.9 Å². The number of hydrogen-bond donors (Lipinski definition) is 2. The van der Waals surface area contributed by atoms with Gasteiger partial charge in [0.2, 0.25) is 10.0 Å². The molecule has 2 aromatic carbocycles. The van der Waals surface area contributed by atoms with E-state index in [0.29, 0.717) is 11.6 Å². The highest BCUT2D eigenvalue weighted by Crippen LogP contribution is 2.32. The van der Waals surface area contributed by atoms with Crippen molar-refractivity contribution in [1.82, 2.24) is 10.2 Å². The zero-order valence-corrected chi connectivity index (χ0v) is 17.0. The maximum atomic E-state index is 13.3. The van der Waals surface area contributed by atoms with Gasteiger partial charge in [-0.05, 0) is 61.0 Å². The average molecular weight is 470 g/mol. The maximum absolute atomic E-state index is 13.3. The number of carbonyl (C=O) groups is 1. The highest BCUT2D eigenvalue weighted by atomic mass is 32.2. The van der Waals surface area contributed by atoms with E-state index in [1.807, 2.05) is 0 Å². The Balaban J connectivity index is 1.97. The number of nitrogens with zero attached hydrogens (tertiary/aromatic N) is 2. The molecule has 3 rings (SSSR count). The van der Waals surface area contributed by atoms with Crippen molar-refractivity contribution in [1.29, 1.82) is 0 Å². The van der Waals surface area contributed by atoms with Crippen molar-refractivity contribution in [2.45, 2.75) is 18.0 Å². The van der Waals surface area contributed by atoms with Crippen LogP contribution < -0.4 is 15.2 Å². The molecule has 0 spiro atoms. The quantitative estimate of drug-likeness (QED) is 0.549. The molecule has 0 fully saturated rings. The van der Waals surface area contributed by atoms with Gasteiger partial charge in [0.1, 0.15) is 17.1 Å². The largest absolute Gasteiger partial charge is 0.437 e. The third-order valence-corrected chi connectivity index (χ3v) is 5.01. The summed E-state index contributed by atoms with van der Waals surface area (Å²) in [7, 11) is -3.97. The summed E-state index contributed by atoms with van der Waals surface area (Å²) in [4.78, 5) is 12.5. The fraction of sp³-hybridized carbons (Fsp3) is 0.105. The number of primary sulfonamides is 1. The monoisotopic (exact) mass is 470 g/mol. The Morgan fingerprint density at radius 3 is 2.28 bits per heavy atom. The van der Waals surface area contributed by atoms with Crippen LogP contribution in [0.3, 0.4) is 0 Å². The standard InChI is InChI=1S/C19H14F4N4O4S/c1-10-8-11(20)2-7-15(10)31-18-14(9-16(26-27-18)19(21,22)23)17(28)25-12-3-5-13(6-4-12)32(24,29)30/h2-9H,1H3,(H,25,28)(H2,24,29,30). The van der Waals surface area contributed by atoms with Gasteiger partial charge in [-0.3, -0.25) is 4.79 Å². The Morgan fingerprint density at radius 1 is 1.06 bits per heavy atom. The molecule has 0 aliphatic heterocycles.